The minimum atomic E-state index is -4.09. The van der Waals surface area contributed by atoms with Crippen LogP contribution in [0.1, 0.15) is 21.5 Å². The van der Waals surface area contributed by atoms with E-state index < -0.39 is 21.7 Å². The zero-order chi connectivity index (χ0) is 21.2. The van der Waals surface area contributed by atoms with Crippen molar-refractivity contribution in [3.05, 3.63) is 88.2 Å². The Morgan fingerprint density at radius 2 is 1.69 bits per heavy atom. The molecule has 3 aromatic carbocycles. The van der Waals surface area contributed by atoms with Gasteiger partial charge in [-0.25, -0.2) is 12.8 Å². The van der Waals surface area contributed by atoms with Gasteiger partial charge in [-0.1, -0.05) is 23.7 Å². The van der Waals surface area contributed by atoms with Crippen LogP contribution in [0.4, 0.5) is 15.8 Å². The number of halogens is 2. The molecular weight excluding hydrogens is 415 g/mol. The molecule has 3 aromatic rings. The molecule has 8 heteroatoms. The Kier molecular flexibility index (Phi) is 5.91. The average molecular weight is 433 g/mol. The molecule has 0 saturated heterocycles. The number of rotatable bonds is 5. The zero-order valence-corrected chi connectivity index (χ0v) is 17.2. The fraction of sp³-hybridized carbons (Fsp3) is 0.0952. The molecule has 1 amide bonds. The van der Waals surface area contributed by atoms with Crippen LogP contribution >= 0.6 is 11.6 Å². The van der Waals surface area contributed by atoms with Crippen LogP contribution in [-0.4, -0.2) is 14.3 Å². The molecule has 0 bridgehead atoms. The maximum atomic E-state index is 13.0. The first-order chi connectivity index (χ1) is 13.7. The molecule has 0 heterocycles. The molecule has 0 radical (unpaired) electrons. The fourth-order valence-electron chi connectivity index (χ4n) is 2.66. The number of aryl methyl sites for hydroxylation is 1. The predicted molar refractivity (Wildman–Crippen MR) is 113 cm³/mol. The maximum absolute atomic E-state index is 13.0. The summed E-state index contributed by atoms with van der Waals surface area (Å²) in [6.07, 6.45) is 0. The largest absolute Gasteiger partial charge is 0.322 e. The molecule has 0 unspecified atom stereocenters. The van der Waals surface area contributed by atoms with Crippen molar-refractivity contribution < 1.29 is 17.6 Å². The SMILES string of the molecule is Cc1cccc(NC(=O)c2ccc(Cl)c(S(=O)(=O)Nc3ccc(F)cc3)c2)c1C. The lowest BCUT2D eigenvalue weighted by Gasteiger charge is -2.13. The van der Waals surface area contributed by atoms with Gasteiger partial charge >= 0.3 is 0 Å². The van der Waals surface area contributed by atoms with E-state index in [1.807, 2.05) is 26.0 Å². The minimum absolute atomic E-state index is 0.0390. The Hall–Kier alpha value is -2.90. The lowest BCUT2D eigenvalue weighted by Crippen LogP contribution is -2.17. The second-order valence-electron chi connectivity index (χ2n) is 6.46. The van der Waals surface area contributed by atoms with Gasteiger partial charge in [-0.05, 0) is 73.5 Å². The van der Waals surface area contributed by atoms with Gasteiger partial charge in [0.1, 0.15) is 10.7 Å². The number of sulfonamides is 1. The number of carbonyl (C=O) groups excluding carboxylic acids is 1. The Balaban J connectivity index is 1.89. The molecule has 0 aliphatic carbocycles. The van der Waals surface area contributed by atoms with E-state index in [4.69, 9.17) is 11.6 Å². The van der Waals surface area contributed by atoms with Crippen molar-refractivity contribution in [2.45, 2.75) is 18.7 Å². The van der Waals surface area contributed by atoms with E-state index in [0.29, 0.717) is 5.69 Å². The summed E-state index contributed by atoms with van der Waals surface area (Å²) in [4.78, 5) is 12.4. The van der Waals surface area contributed by atoms with Crippen LogP contribution in [0, 0.1) is 19.7 Å². The number of benzene rings is 3. The Morgan fingerprint density at radius 1 is 1.00 bits per heavy atom. The second kappa shape index (κ2) is 8.23. The monoisotopic (exact) mass is 432 g/mol. The van der Waals surface area contributed by atoms with Crippen LogP contribution < -0.4 is 10.0 Å². The molecule has 0 saturated carbocycles. The number of amides is 1. The first-order valence-electron chi connectivity index (χ1n) is 8.63. The summed E-state index contributed by atoms with van der Waals surface area (Å²) in [7, 11) is -4.09. The number of nitrogens with one attached hydrogen (secondary N) is 2. The Bertz CT molecular complexity index is 1180. The summed E-state index contributed by atoms with van der Waals surface area (Å²) in [6, 6.07) is 14.4. The third-order valence-electron chi connectivity index (χ3n) is 4.43. The van der Waals surface area contributed by atoms with Gasteiger partial charge in [0.15, 0.2) is 0 Å². The van der Waals surface area contributed by atoms with Crippen molar-refractivity contribution in [3.63, 3.8) is 0 Å². The molecule has 150 valence electrons. The van der Waals surface area contributed by atoms with E-state index in [9.17, 15) is 17.6 Å². The van der Waals surface area contributed by atoms with Gasteiger partial charge in [-0.3, -0.25) is 9.52 Å². The third kappa shape index (κ3) is 4.75. The van der Waals surface area contributed by atoms with Crippen molar-refractivity contribution >= 4 is 38.9 Å². The Labute approximate surface area is 173 Å². The van der Waals surface area contributed by atoms with Crippen molar-refractivity contribution in [1.29, 1.82) is 0 Å². The third-order valence-corrected chi connectivity index (χ3v) is 6.30. The number of anilines is 2. The lowest BCUT2D eigenvalue weighted by molar-refractivity contribution is 0.102. The van der Waals surface area contributed by atoms with Crippen LogP contribution in [0.25, 0.3) is 0 Å². The number of carbonyl (C=O) groups is 1. The van der Waals surface area contributed by atoms with E-state index in [2.05, 4.69) is 10.0 Å². The maximum Gasteiger partial charge on any atom is 0.263 e. The van der Waals surface area contributed by atoms with E-state index in [-0.39, 0.29) is 21.2 Å². The van der Waals surface area contributed by atoms with E-state index in [1.165, 1.54) is 30.3 Å². The highest BCUT2D eigenvalue weighted by Gasteiger charge is 2.21. The van der Waals surface area contributed by atoms with Gasteiger partial charge in [0.05, 0.1) is 5.02 Å². The molecule has 5 nitrogen and oxygen atoms in total. The topological polar surface area (TPSA) is 75.3 Å². The van der Waals surface area contributed by atoms with Gasteiger partial charge in [0.25, 0.3) is 15.9 Å². The second-order valence-corrected chi connectivity index (χ2v) is 8.52. The summed E-state index contributed by atoms with van der Waals surface area (Å²) >= 11 is 6.07. The summed E-state index contributed by atoms with van der Waals surface area (Å²) < 4.78 is 40.8. The molecule has 0 spiro atoms. The van der Waals surface area contributed by atoms with Crippen molar-refractivity contribution in [2.24, 2.45) is 0 Å². The fourth-order valence-corrected chi connectivity index (χ4v) is 4.25. The molecule has 3 rings (SSSR count). The van der Waals surface area contributed by atoms with E-state index in [0.717, 1.165) is 23.3 Å². The van der Waals surface area contributed by atoms with Crippen molar-refractivity contribution in [2.75, 3.05) is 10.0 Å². The summed E-state index contributed by atoms with van der Waals surface area (Å²) in [5.41, 5.74) is 2.88. The van der Waals surface area contributed by atoms with Crippen LogP contribution in [0.2, 0.25) is 5.02 Å². The van der Waals surface area contributed by atoms with Gasteiger partial charge in [-0.2, -0.15) is 0 Å². The smallest absolute Gasteiger partial charge is 0.263 e. The first-order valence-corrected chi connectivity index (χ1v) is 10.5. The van der Waals surface area contributed by atoms with Crippen LogP contribution in [0.5, 0.6) is 0 Å². The molecule has 0 fully saturated rings. The predicted octanol–water partition coefficient (Wildman–Crippen LogP) is 5.15. The summed E-state index contributed by atoms with van der Waals surface area (Å²) in [5, 5.41) is 2.74. The number of hydrogen-bond acceptors (Lipinski definition) is 3. The van der Waals surface area contributed by atoms with E-state index in [1.54, 1.807) is 6.07 Å². The van der Waals surface area contributed by atoms with Crippen LogP contribution in [0.3, 0.4) is 0 Å². The van der Waals surface area contributed by atoms with Crippen molar-refractivity contribution in [3.8, 4) is 0 Å². The minimum Gasteiger partial charge on any atom is -0.322 e. The van der Waals surface area contributed by atoms with Gasteiger partial charge in [-0.15, -0.1) is 0 Å². The zero-order valence-electron chi connectivity index (χ0n) is 15.7. The highest BCUT2D eigenvalue weighted by Crippen LogP contribution is 2.26. The average Bonchev–Trinajstić information content (AvgIpc) is 2.67. The molecular formula is C21H18ClFN2O3S. The van der Waals surface area contributed by atoms with Crippen LogP contribution in [-0.2, 0) is 10.0 Å². The standard InChI is InChI=1S/C21H18ClFN2O3S/c1-13-4-3-5-19(14(13)2)24-21(26)15-6-11-18(22)20(12-15)29(27,28)25-17-9-7-16(23)8-10-17/h3-12,25H,1-2H3,(H,24,26). The first kappa shape index (κ1) is 20.8. The molecule has 29 heavy (non-hydrogen) atoms. The van der Waals surface area contributed by atoms with Gasteiger partial charge in [0.2, 0.25) is 0 Å². The summed E-state index contributed by atoms with van der Waals surface area (Å²) in [5.74, 6) is -0.954. The summed E-state index contributed by atoms with van der Waals surface area (Å²) in [6.45, 7) is 3.81. The normalized spacial score (nSPS) is 11.2. The van der Waals surface area contributed by atoms with Gasteiger partial charge < -0.3 is 5.32 Å². The highest BCUT2D eigenvalue weighted by molar-refractivity contribution is 7.92. The Morgan fingerprint density at radius 3 is 2.38 bits per heavy atom. The quantitative estimate of drug-likeness (QED) is 0.585. The number of hydrogen-bond donors (Lipinski definition) is 2. The van der Waals surface area contributed by atoms with Gasteiger partial charge in [0, 0.05) is 16.9 Å². The molecule has 0 aromatic heterocycles. The molecule has 2 N–H and O–H groups in total. The highest BCUT2D eigenvalue weighted by atomic mass is 35.5. The van der Waals surface area contributed by atoms with E-state index >= 15 is 0 Å². The van der Waals surface area contributed by atoms with Crippen LogP contribution in [0.15, 0.2) is 65.6 Å². The molecule has 0 aliphatic heterocycles. The molecule has 0 atom stereocenters. The molecule has 0 aliphatic rings. The lowest BCUT2D eigenvalue weighted by atomic mass is 10.1. The van der Waals surface area contributed by atoms with Crippen molar-refractivity contribution in [1.82, 2.24) is 0 Å².